The Kier molecular flexibility index (Phi) is 7.70. The molecule has 2 rings (SSSR count). The van der Waals surface area contributed by atoms with E-state index in [9.17, 15) is 9.59 Å². The van der Waals surface area contributed by atoms with E-state index in [0.29, 0.717) is 17.1 Å². The van der Waals surface area contributed by atoms with Crippen molar-refractivity contribution in [2.24, 2.45) is 0 Å². The zero-order valence-electron chi connectivity index (χ0n) is 14.5. The molecule has 1 N–H and O–H groups in total. The van der Waals surface area contributed by atoms with Gasteiger partial charge in [-0.25, -0.2) is 4.79 Å². The van der Waals surface area contributed by atoms with Gasteiger partial charge in [-0.05, 0) is 30.5 Å². The van der Waals surface area contributed by atoms with E-state index in [0.717, 1.165) is 6.42 Å². The fourth-order valence-electron chi connectivity index (χ4n) is 2.55. The molecule has 0 bridgehead atoms. The maximum atomic E-state index is 12.1. The summed E-state index contributed by atoms with van der Waals surface area (Å²) in [6.07, 6.45) is 7.35. The zero-order valence-corrected chi connectivity index (χ0v) is 14.5. The smallest absolute Gasteiger partial charge is 0.455 e. The van der Waals surface area contributed by atoms with E-state index in [4.69, 9.17) is 4.74 Å². The van der Waals surface area contributed by atoms with Crippen LogP contribution in [0.2, 0.25) is 0 Å². The van der Waals surface area contributed by atoms with Crippen LogP contribution in [0.1, 0.15) is 54.9 Å². The molecule has 2 aromatic rings. The van der Waals surface area contributed by atoms with Crippen LogP contribution in [0.15, 0.2) is 48.5 Å². The second kappa shape index (κ2) is 10.3. The highest BCUT2D eigenvalue weighted by atomic mass is 16.5. The Hall–Kier alpha value is -2.62. The summed E-state index contributed by atoms with van der Waals surface area (Å²) in [5.41, 5.74) is 1.66. The molecule has 0 fully saturated rings. The summed E-state index contributed by atoms with van der Waals surface area (Å²) in [6, 6.07) is 13.9. The quantitative estimate of drug-likeness (QED) is 0.207. The van der Waals surface area contributed by atoms with Gasteiger partial charge in [-0.3, -0.25) is 0 Å². The van der Waals surface area contributed by atoms with Gasteiger partial charge in [0, 0.05) is 5.75 Å². The third kappa shape index (κ3) is 6.42. The first-order valence-corrected chi connectivity index (χ1v) is 8.72. The fourth-order valence-corrected chi connectivity index (χ4v) is 2.55. The lowest BCUT2D eigenvalue weighted by atomic mass is 10.1. The molecule has 25 heavy (non-hydrogen) atoms. The van der Waals surface area contributed by atoms with Crippen molar-refractivity contribution in [2.45, 2.75) is 45.4 Å². The lowest BCUT2D eigenvalue weighted by Gasteiger charge is -2.08. The predicted octanol–water partition coefficient (Wildman–Crippen LogP) is 4.73. The SMILES string of the molecule is CCCCCCCc1ccc(OC(=O)c2ccc([OH+][C-]=O)cc2)cc1. The van der Waals surface area contributed by atoms with Crippen molar-refractivity contribution in [3.05, 3.63) is 59.7 Å². The number of hydrogen-bond acceptors (Lipinski definition) is 3. The van der Waals surface area contributed by atoms with Crippen LogP contribution in [0.3, 0.4) is 0 Å². The van der Waals surface area contributed by atoms with Crippen molar-refractivity contribution in [1.29, 1.82) is 0 Å². The van der Waals surface area contributed by atoms with E-state index in [2.05, 4.69) is 11.7 Å². The summed E-state index contributed by atoms with van der Waals surface area (Å²) in [7, 11) is 0. The molecule has 0 radical (unpaired) electrons. The maximum absolute atomic E-state index is 12.1. The molecule has 0 atom stereocenters. The number of aryl methyl sites for hydroxylation is 1. The van der Waals surface area contributed by atoms with Crippen LogP contribution in [-0.2, 0) is 11.2 Å². The van der Waals surface area contributed by atoms with Gasteiger partial charge >= 0.3 is 12.4 Å². The Labute approximate surface area is 148 Å². The molecule has 0 amide bonds. The first-order chi connectivity index (χ1) is 12.2. The minimum absolute atomic E-state index is 0.407. The molecular formula is C21H24O4. The molecule has 0 spiro atoms. The van der Waals surface area contributed by atoms with Gasteiger partial charge in [0.05, 0.1) is 5.56 Å². The molecule has 0 unspecified atom stereocenters. The minimum atomic E-state index is -0.436. The monoisotopic (exact) mass is 340 g/mol. The Bertz CT molecular complexity index is 659. The first-order valence-electron chi connectivity index (χ1n) is 8.72. The van der Waals surface area contributed by atoms with E-state index < -0.39 is 5.97 Å². The molecule has 0 aliphatic heterocycles. The lowest BCUT2D eigenvalue weighted by Crippen LogP contribution is -2.08. The molecule has 0 aliphatic rings. The molecule has 4 nitrogen and oxygen atoms in total. The molecule has 0 saturated heterocycles. The predicted molar refractivity (Wildman–Crippen MR) is 97.7 cm³/mol. The van der Waals surface area contributed by atoms with Gasteiger partial charge in [0.1, 0.15) is 5.75 Å². The molecule has 0 aromatic heterocycles. The summed E-state index contributed by atoms with van der Waals surface area (Å²) in [5.74, 6) is 0.540. The van der Waals surface area contributed by atoms with Gasteiger partial charge in [0.2, 0.25) is 0 Å². The van der Waals surface area contributed by atoms with Gasteiger partial charge in [-0.2, -0.15) is 0 Å². The van der Waals surface area contributed by atoms with Crippen LogP contribution in [0.5, 0.6) is 11.5 Å². The van der Waals surface area contributed by atoms with Crippen molar-refractivity contribution in [1.82, 2.24) is 0 Å². The Morgan fingerprint density at radius 1 is 0.960 bits per heavy atom. The molecule has 0 saturated carbocycles. The van der Waals surface area contributed by atoms with E-state index >= 15 is 0 Å². The second-order valence-electron chi connectivity index (χ2n) is 5.95. The third-order valence-electron chi connectivity index (χ3n) is 3.98. The highest BCUT2D eigenvalue weighted by Crippen LogP contribution is 2.18. The second-order valence-corrected chi connectivity index (χ2v) is 5.95. The van der Waals surface area contributed by atoms with E-state index in [1.807, 2.05) is 24.3 Å². The fraction of sp³-hybridized carbons (Fsp3) is 0.333. The minimum Gasteiger partial charge on any atom is -0.677 e. The molecule has 0 heterocycles. The average molecular weight is 340 g/mol. The van der Waals surface area contributed by atoms with Crippen LogP contribution in [0, 0.1) is 0 Å². The standard InChI is InChI=1S/C21H24O4/c1-2-3-4-5-6-7-17-8-12-20(13-9-17)25-21(23)18-10-14-19(15-11-18)24-16-22/h8-15,24H,2-7H2,1H3. The van der Waals surface area contributed by atoms with Crippen LogP contribution >= 0.6 is 0 Å². The van der Waals surface area contributed by atoms with Crippen LogP contribution in [-0.4, -0.2) is 17.2 Å². The van der Waals surface area contributed by atoms with E-state index in [1.54, 1.807) is 24.3 Å². The number of esters is 1. The number of rotatable bonds is 10. The summed E-state index contributed by atoms with van der Waals surface area (Å²) in [4.78, 5) is 22.3. The van der Waals surface area contributed by atoms with Crippen molar-refractivity contribution >= 4 is 12.4 Å². The summed E-state index contributed by atoms with van der Waals surface area (Å²) in [6.45, 7) is 3.68. The topological polar surface area (TPSA) is 56.2 Å². The van der Waals surface area contributed by atoms with Crippen molar-refractivity contribution in [2.75, 3.05) is 0 Å². The van der Waals surface area contributed by atoms with Gasteiger partial charge in [-0.15, -0.1) is 0 Å². The molecule has 2 aromatic carbocycles. The Balaban J connectivity index is 1.83. The highest BCUT2D eigenvalue weighted by molar-refractivity contribution is 5.91. The summed E-state index contributed by atoms with van der Waals surface area (Å²) >= 11 is 0. The highest BCUT2D eigenvalue weighted by Gasteiger charge is 2.08. The number of unbranched alkanes of at least 4 members (excludes halogenated alkanes) is 4. The van der Waals surface area contributed by atoms with Crippen molar-refractivity contribution in [3.8, 4) is 11.5 Å². The zero-order chi connectivity index (χ0) is 17.9. The van der Waals surface area contributed by atoms with Crippen molar-refractivity contribution in [3.63, 3.8) is 0 Å². The van der Waals surface area contributed by atoms with E-state index in [-0.39, 0.29) is 0 Å². The molecule has 4 heteroatoms. The normalized spacial score (nSPS) is 10.3. The molecular weight excluding hydrogens is 316 g/mol. The summed E-state index contributed by atoms with van der Waals surface area (Å²) < 4.78 is 8.85. The Morgan fingerprint density at radius 2 is 1.64 bits per heavy atom. The molecule has 0 aliphatic carbocycles. The number of hydrogen-bond donors (Lipinski definition) is 0. The third-order valence-corrected chi connectivity index (χ3v) is 3.98. The van der Waals surface area contributed by atoms with Gasteiger partial charge in [0.25, 0.3) is 0 Å². The number of benzene rings is 2. The Morgan fingerprint density at radius 3 is 2.28 bits per heavy atom. The van der Waals surface area contributed by atoms with Gasteiger partial charge < -0.3 is 9.47 Å². The van der Waals surface area contributed by atoms with Gasteiger partial charge in [0.15, 0.2) is 0 Å². The number of ether oxygens (including phenoxy) is 2. The number of carbonyl (C=O) groups excluding carboxylic acids is 1. The van der Waals surface area contributed by atoms with Crippen LogP contribution in [0.4, 0.5) is 0 Å². The number of carbonyl (C=O) groups is 1. The van der Waals surface area contributed by atoms with Crippen molar-refractivity contribution < 1.29 is 19.1 Å². The largest absolute Gasteiger partial charge is 0.677 e. The van der Waals surface area contributed by atoms with Crippen LogP contribution < -0.4 is 4.74 Å². The lowest BCUT2D eigenvalue weighted by molar-refractivity contribution is 0.0734. The maximum Gasteiger partial charge on any atom is 0.455 e. The van der Waals surface area contributed by atoms with Gasteiger partial charge in [-0.1, -0.05) is 73.8 Å². The van der Waals surface area contributed by atoms with Crippen LogP contribution in [0.25, 0.3) is 0 Å². The first kappa shape index (κ1) is 18.7. The van der Waals surface area contributed by atoms with E-state index in [1.165, 1.54) is 44.1 Å². The number of aromatic hydroxyl groups is 1. The summed E-state index contributed by atoms with van der Waals surface area (Å²) in [5, 5.41) is 0. The molecule has 132 valence electrons. The average Bonchev–Trinajstić information content (AvgIpc) is 2.64.